The van der Waals surface area contributed by atoms with Crippen LogP contribution in [0.1, 0.15) is 18.9 Å². The molecule has 0 saturated heterocycles. The highest BCUT2D eigenvalue weighted by atomic mass is 35.5. The van der Waals surface area contributed by atoms with Crippen molar-refractivity contribution in [2.75, 3.05) is 5.32 Å². The van der Waals surface area contributed by atoms with E-state index in [9.17, 15) is 8.78 Å². The van der Waals surface area contributed by atoms with Gasteiger partial charge >= 0.3 is 6.61 Å². The van der Waals surface area contributed by atoms with Crippen LogP contribution in [0, 0.1) is 0 Å². The summed E-state index contributed by atoms with van der Waals surface area (Å²) in [7, 11) is 0. The fraction of sp³-hybridized carbons (Fsp3) is 0.357. The smallest absolute Gasteiger partial charge is 0.387 e. The summed E-state index contributed by atoms with van der Waals surface area (Å²) in [6.07, 6.45) is 4.78. The molecule has 4 nitrogen and oxygen atoms in total. The molecule has 1 N–H and O–H groups in total. The Kier molecular flexibility index (Phi) is 5.38. The number of halogens is 3. The SMILES string of the molecule is CCCn1cc(CNc2ccc(OC(F)F)c(Cl)c2)cn1. The fourth-order valence-corrected chi connectivity index (χ4v) is 2.08. The predicted octanol–water partition coefficient (Wildman–Crippen LogP) is 4.16. The van der Waals surface area contributed by atoms with E-state index in [-0.39, 0.29) is 10.8 Å². The summed E-state index contributed by atoms with van der Waals surface area (Å²) in [6, 6.07) is 4.60. The third-order valence-electron chi connectivity index (χ3n) is 2.78. The Morgan fingerprint density at radius 1 is 1.43 bits per heavy atom. The van der Waals surface area contributed by atoms with Crippen molar-refractivity contribution >= 4 is 17.3 Å². The molecule has 0 fully saturated rings. The third kappa shape index (κ3) is 4.60. The number of alkyl halides is 2. The number of rotatable bonds is 7. The van der Waals surface area contributed by atoms with Crippen LogP contribution in [0.4, 0.5) is 14.5 Å². The van der Waals surface area contributed by atoms with Gasteiger partial charge in [-0.2, -0.15) is 13.9 Å². The first-order valence-corrected chi connectivity index (χ1v) is 6.96. The van der Waals surface area contributed by atoms with Gasteiger partial charge in [0.15, 0.2) is 0 Å². The standard InChI is InChI=1S/C14H16ClF2N3O/c1-2-5-20-9-10(8-19-20)7-18-11-3-4-13(12(15)6-11)21-14(16)17/h3-4,6,8-9,14,18H,2,5,7H2,1H3. The normalized spacial score (nSPS) is 10.9. The van der Waals surface area contributed by atoms with E-state index >= 15 is 0 Å². The van der Waals surface area contributed by atoms with Crippen molar-refractivity contribution in [1.82, 2.24) is 9.78 Å². The van der Waals surface area contributed by atoms with E-state index in [1.54, 1.807) is 18.3 Å². The van der Waals surface area contributed by atoms with Gasteiger partial charge in [-0.1, -0.05) is 18.5 Å². The van der Waals surface area contributed by atoms with Crippen LogP contribution in [-0.4, -0.2) is 16.4 Å². The van der Waals surface area contributed by atoms with E-state index in [1.807, 2.05) is 10.9 Å². The van der Waals surface area contributed by atoms with Gasteiger partial charge in [-0.15, -0.1) is 0 Å². The van der Waals surface area contributed by atoms with Crippen molar-refractivity contribution in [2.45, 2.75) is 33.0 Å². The Balaban J connectivity index is 1.94. The molecule has 0 spiro atoms. The Morgan fingerprint density at radius 2 is 2.24 bits per heavy atom. The minimum atomic E-state index is -2.88. The summed E-state index contributed by atoms with van der Waals surface area (Å²) in [5.74, 6) is -0.0343. The maximum absolute atomic E-state index is 12.1. The molecule has 0 amide bonds. The van der Waals surface area contributed by atoms with Crippen LogP contribution >= 0.6 is 11.6 Å². The van der Waals surface area contributed by atoms with Crippen LogP contribution in [0.3, 0.4) is 0 Å². The molecular weight excluding hydrogens is 300 g/mol. The van der Waals surface area contributed by atoms with Crippen LogP contribution in [0.15, 0.2) is 30.6 Å². The van der Waals surface area contributed by atoms with Gasteiger partial charge in [0, 0.05) is 30.5 Å². The van der Waals surface area contributed by atoms with Gasteiger partial charge in [-0.05, 0) is 24.6 Å². The average molecular weight is 316 g/mol. The number of benzene rings is 1. The van der Waals surface area contributed by atoms with Gasteiger partial charge < -0.3 is 10.1 Å². The summed E-state index contributed by atoms with van der Waals surface area (Å²) in [4.78, 5) is 0. The van der Waals surface area contributed by atoms with Crippen LogP contribution < -0.4 is 10.1 Å². The van der Waals surface area contributed by atoms with Gasteiger partial charge in [0.1, 0.15) is 5.75 Å². The van der Waals surface area contributed by atoms with Crippen LogP contribution in [0.2, 0.25) is 5.02 Å². The number of aryl methyl sites for hydroxylation is 1. The Morgan fingerprint density at radius 3 is 2.90 bits per heavy atom. The highest BCUT2D eigenvalue weighted by molar-refractivity contribution is 6.32. The molecular formula is C14H16ClF2N3O. The predicted molar refractivity (Wildman–Crippen MR) is 77.9 cm³/mol. The van der Waals surface area contributed by atoms with Gasteiger partial charge in [0.05, 0.1) is 11.2 Å². The van der Waals surface area contributed by atoms with Gasteiger partial charge in [-0.3, -0.25) is 4.68 Å². The van der Waals surface area contributed by atoms with Gasteiger partial charge in [0.2, 0.25) is 0 Å². The van der Waals surface area contributed by atoms with Crippen molar-refractivity contribution < 1.29 is 13.5 Å². The molecule has 0 atom stereocenters. The lowest BCUT2D eigenvalue weighted by Crippen LogP contribution is -2.03. The average Bonchev–Trinajstić information content (AvgIpc) is 2.87. The molecule has 2 aromatic rings. The zero-order valence-electron chi connectivity index (χ0n) is 11.5. The maximum Gasteiger partial charge on any atom is 0.387 e. The number of hydrogen-bond acceptors (Lipinski definition) is 3. The second-order valence-corrected chi connectivity index (χ2v) is 4.90. The molecule has 0 aliphatic heterocycles. The van der Waals surface area contributed by atoms with E-state index in [4.69, 9.17) is 11.6 Å². The largest absolute Gasteiger partial charge is 0.433 e. The van der Waals surface area contributed by atoms with E-state index < -0.39 is 6.61 Å². The minimum absolute atomic E-state index is 0.0343. The number of hydrogen-bond donors (Lipinski definition) is 1. The molecule has 1 aromatic carbocycles. The topological polar surface area (TPSA) is 39.1 Å². The van der Waals surface area contributed by atoms with Crippen LogP contribution in [0.25, 0.3) is 0 Å². The second kappa shape index (κ2) is 7.26. The lowest BCUT2D eigenvalue weighted by molar-refractivity contribution is -0.0497. The summed E-state index contributed by atoms with van der Waals surface area (Å²) in [5, 5.41) is 7.53. The second-order valence-electron chi connectivity index (χ2n) is 4.49. The lowest BCUT2D eigenvalue weighted by atomic mass is 10.3. The van der Waals surface area contributed by atoms with E-state index in [0.29, 0.717) is 6.54 Å². The maximum atomic E-state index is 12.1. The quantitative estimate of drug-likeness (QED) is 0.834. The monoisotopic (exact) mass is 315 g/mol. The molecule has 1 aromatic heterocycles. The van der Waals surface area contributed by atoms with Crippen molar-refractivity contribution in [3.63, 3.8) is 0 Å². The molecule has 0 aliphatic carbocycles. The minimum Gasteiger partial charge on any atom is -0.433 e. The van der Waals surface area contributed by atoms with Crippen molar-refractivity contribution in [1.29, 1.82) is 0 Å². The van der Waals surface area contributed by atoms with E-state index in [2.05, 4.69) is 22.1 Å². The molecule has 0 saturated carbocycles. The third-order valence-corrected chi connectivity index (χ3v) is 3.08. The zero-order chi connectivity index (χ0) is 15.2. The summed E-state index contributed by atoms with van der Waals surface area (Å²) >= 11 is 5.89. The van der Waals surface area contributed by atoms with E-state index in [0.717, 1.165) is 24.2 Å². The number of ether oxygens (including phenoxy) is 1. The Hall–Kier alpha value is -1.82. The summed E-state index contributed by atoms with van der Waals surface area (Å²) in [6.45, 7) is 0.663. The van der Waals surface area contributed by atoms with Crippen molar-refractivity contribution in [3.05, 3.63) is 41.2 Å². The van der Waals surface area contributed by atoms with Crippen molar-refractivity contribution in [3.8, 4) is 5.75 Å². The molecule has 114 valence electrons. The highest BCUT2D eigenvalue weighted by Crippen LogP contribution is 2.29. The Bertz CT molecular complexity index is 589. The number of nitrogens with one attached hydrogen (secondary N) is 1. The molecule has 2 rings (SSSR count). The summed E-state index contributed by atoms with van der Waals surface area (Å²) < 4.78 is 30.4. The van der Waals surface area contributed by atoms with Crippen molar-refractivity contribution in [2.24, 2.45) is 0 Å². The number of anilines is 1. The summed E-state index contributed by atoms with van der Waals surface area (Å²) in [5.41, 5.74) is 1.76. The molecule has 0 bridgehead atoms. The first-order chi connectivity index (χ1) is 10.1. The first kappa shape index (κ1) is 15.6. The van der Waals surface area contributed by atoms with Crippen LogP contribution in [-0.2, 0) is 13.1 Å². The molecule has 0 aliphatic rings. The molecule has 7 heteroatoms. The number of nitrogens with zero attached hydrogens (tertiary/aromatic N) is 2. The molecule has 1 heterocycles. The van der Waals surface area contributed by atoms with Gasteiger partial charge in [-0.25, -0.2) is 0 Å². The zero-order valence-corrected chi connectivity index (χ0v) is 12.3. The number of aromatic nitrogens is 2. The molecule has 21 heavy (non-hydrogen) atoms. The Labute approximate surface area is 126 Å². The van der Waals surface area contributed by atoms with E-state index in [1.165, 1.54) is 6.07 Å². The van der Waals surface area contributed by atoms with Crippen LogP contribution in [0.5, 0.6) is 5.75 Å². The fourth-order valence-electron chi connectivity index (χ4n) is 1.86. The van der Waals surface area contributed by atoms with Gasteiger partial charge in [0.25, 0.3) is 0 Å². The highest BCUT2D eigenvalue weighted by Gasteiger charge is 2.09. The molecule has 0 radical (unpaired) electrons. The lowest BCUT2D eigenvalue weighted by Gasteiger charge is -2.09. The molecule has 0 unspecified atom stereocenters. The first-order valence-electron chi connectivity index (χ1n) is 6.58.